The van der Waals surface area contributed by atoms with Gasteiger partial charge in [0, 0.05) is 32.7 Å². The van der Waals surface area contributed by atoms with E-state index in [1.807, 2.05) is 4.68 Å². The van der Waals surface area contributed by atoms with Gasteiger partial charge in [-0.25, -0.2) is 9.67 Å². The molecular weight excluding hydrogens is 228 g/mol. The van der Waals surface area contributed by atoms with Crippen molar-refractivity contribution in [2.45, 2.75) is 32.4 Å². The van der Waals surface area contributed by atoms with E-state index in [0.29, 0.717) is 5.92 Å². The Balaban J connectivity index is 1.69. The fraction of sp³-hybridized carbons (Fsp3) is 0.846. The first-order valence-electron chi connectivity index (χ1n) is 6.93. The molecule has 1 aromatic rings. The average molecular weight is 250 g/mol. The molecule has 0 amide bonds. The number of fused-ring (bicyclic) bond motifs is 1. The SMILES string of the molecule is COCC1CN(CC2CCC2)Cc2ncnn2C1. The van der Waals surface area contributed by atoms with Gasteiger partial charge in [0.2, 0.25) is 0 Å². The smallest absolute Gasteiger partial charge is 0.141 e. The molecule has 18 heavy (non-hydrogen) atoms. The molecule has 1 aliphatic carbocycles. The second-order valence-electron chi connectivity index (χ2n) is 5.67. The summed E-state index contributed by atoms with van der Waals surface area (Å²) in [6, 6.07) is 0. The third-order valence-electron chi connectivity index (χ3n) is 4.15. The molecule has 1 aromatic heterocycles. The predicted molar refractivity (Wildman–Crippen MR) is 68.0 cm³/mol. The first-order valence-corrected chi connectivity index (χ1v) is 6.93. The van der Waals surface area contributed by atoms with Gasteiger partial charge in [-0.15, -0.1) is 0 Å². The summed E-state index contributed by atoms with van der Waals surface area (Å²) < 4.78 is 7.38. The van der Waals surface area contributed by atoms with Crippen LogP contribution in [0.4, 0.5) is 0 Å². The highest BCUT2D eigenvalue weighted by Gasteiger charge is 2.26. The third kappa shape index (κ3) is 2.57. The molecule has 1 fully saturated rings. The molecule has 100 valence electrons. The lowest BCUT2D eigenvalue weighted by atomic mass is 9.85. The molecule has 5 nitrogen and oxygen atoms in total. The minimum Gasteiger partial charge on any atom is -0.384 e. The molecule has 2 aliphatic rings. The lowest BCUT2D eigenvalue weighted by Crippen LogP contribution is -2.36. The standard InChI is InChI=1S/C13H22N4O/c1-18-9-12-6-16(5-11-3-2-4-11)8-13-14-10-15-17(13)7-12/h10-12H,2-9H2,1H3. The fourth-order valence-electron chi connectivity index (χ4n) is 3.02. The molecule has 0 spiro atoms. The molecule has 2 heterocycles. The van der Waals surface area contributed by atoms with Crippen LogP contribution in [0.2, 0.25) is 0 Å². The van der Waals surface area contributed by atoms with E-state index in [2.05, 4.69) is 15.0 Å². The second-order valence-corrected chi connectivity index (χ2v) is 5.67. The van der Waals surface area contributed by atoms with Crippen LogP contribution >= 0.6 is 0 Å². The van der Waals surface area contributed by atoms with Gasteiger partial charge in [0.1, 0.15) is 12.2 Å². The molecule has 1 aliphatic heterocycles. The summed E-state index contributed by atoms with van der Waals surface area (Å²) in [6.07, 6.45) is 5.89. The van der Waals surface area contributed by atoms with Crippen molar-refractivity contribution in [2.24, 2.45) is 11.8 Å². The van der Waals surface area contributed by atoms with Gasteiger partial charge in [-0.3, -0.25) is 4.90 Å². The molecule has 0 saturated heterocycles. The molecule has 3 rings (SSSR count). The van der Waals surface area contributed by atoms with Gasteiger partial charge < -0.3 is 4.74 Å². The van der Waals surface area contributed by atoms with E-state index in [-0.39, 0.29) is 0 Å². The van der Waals surface area contributed by atoms with E-state index in [9.17, 15) is 0 Å². The van der Waals surface area contributed by atoms with Gasteiger partial charge in [0.05, 0.1) is 13.2 Å². The lowest BCUT2D eigenvalue weighted by molar-refractivity contribution is 0.100. The largest absolute Gasteiger partial charge is 0.384 e. The highest BCUT2D eigenvalue weighted by molar-refractivity contribution is 4.90. The van der Waals surface area contributed by atoms with Gasteiger partial charge in [-0.05, 0) is 18.8 Å². The number of hydrogen-bond donors (Lipinski definition) is 0. The van der Waals surface area contributed by atoms with E-state index in [1.54, 1.807) is 13.4 Å². The van der Waals surface area contributed by atoms with Gasteiger partial charge in [0.15, 0.2) is 0 Å². The predicted octanol–water partition coefficient (Wildman–Crippen LogP) is 1.16. The summed E-state index contributed by atoms with van der Waals surface area (Å²) in [6.45, 7) is 5.00. The topological polar surface area (TPSA) is 43.2 Å². The molecule has 1 saturated carbocycles. The lowest BCUT2D eigenvalue weighted by Gasteiger charge is -2.32. The van der Waals surface area contributed by atoms with E-state index in [1.165, 1.54) is 25.8 Å². The molecular formula is C13H22N4O. The average Bonchev–Trinajstić information content (AvgIpc) is 2.64. The van der Waals surface area contributed by atoms with Crippen molar-refractivity contribution in [1.29, 1.82) is 0 Å². The zero-order valence-electron chi connectivity index (χ0n) is 11.1. The zero-order valence-corrected chi connectivity index (χ0v) is 11.1. The summed E-state index contributed by atoms with van der Waals surface area (Å²) in [5.74, 6) is 2.54. The Kier molecular flexibility index (Phi) is 3.61. The molecule has 1 atom stereocenters. The minimum absolute atomic E-state index is 0.526. The Morgan fingerprint density at radius 1 is 1.33 bits per heavy atom. The van der Waals surface area contributed by atoms with Gasteiger partial charge >= 0.3 is 0 Å². The van der Waals surface area contributed by atoms with Crippen LogP contribution in [0.1, 0.15) is 25.1 Å². The van der Waals surface area contributed by atoms with Crippen molar-refractivity contribution in [3.8, 4) is 0 Å². The normalized spacial score (nSPS) is 25.5. The van der Waals surface area contributed by atoms with Crippen LogP contribution in [0.5, 0.6) is 0 Å². The quantitative estimate of drug-likeness (QED) is 0.804. The maximum atomic E-state index is 5.33. The third-order valence-corrected chi connectivity index (χ3v) is 4.15. The zero-order chi connectivity index (χ0) is 12.4. The van der Waals surface area contributed by atoms with Crippen molar-refractivity contribution in [3.63, 3.8) is 0 Å². The Hall–Kier alpha value is -0.940. The highest BCUT2D eigenvalue weighted by atomic mass is 16.5. The number of ether oxygens (including phenoxy) is 1. The van der Waals surface area contributed by atoms with E-state index in [4.69, 9.17) is 4.74 Å². The molecule has 5 heteroatoms. The molecule has 0 aromatic carbocycles. The van der Waals surface area contributed by atoms with E-state index in [0.717, 1.165) is 38.0 Å². The van der Waals surface area contributed by atoms with Gasteiger partial charge in [-0.1, -0.05) is 6.42 Å². The summed E-state index contributed by atoms with van der Waals surface area (Å²) in [5, 5.41) is 4.32. The van der Waals surface area contributed by atoms with Crippen LogP contribution in [-0.2, 0) is 17.8 Å². The van der Waals surface area contributed by atoms with Crippen LogP contribution in [-0.4, -0.2) is 46.5 Å². The van der Waals surface area contributed by atoms with Crippen molar-refractivity contribution >= 4 is 0 Å². The van der Waals surface area contributed by atoms with E-state index >= 15 is 0 Å². The first-order chi connectivity index (χ1) is 8.85. The van der Waals surface area contributed by atoms with Crippen LogP contribution < -0.4 is 0 Å². The van der Waals surface area contributed by atoms with Gasteiger partial charge in [0.25, 0.3) is 0 Å². The van der Waals surface area contributed by atoms with Crippen LogP contribution in [0.3, 0.4) is 0 Å². The first kappa shape index (κ1) is 12.1. The Morgan fingerprint density at radius 2 is 2.22 bits per heavy atom. The fourth-order valence-corrected chi connectivity index (χ4v) is 3.02. The van der Waals surface area contributed by atoms with Crippen LogP contribution in [0.25, 0.3) is 0 Å². The molecule has 0 N–H and O–H groups in total. The van der Waals surface area contributed by atoms with Crippen molar-refractivity contribution < 1.29 is 4.74 Å². The summed E-state index contributed by atoms with van der Waals surface area (Å²) in [4.78, 5) is 6.92. The number of rotatable bonds is 4. The number of hydrogen-bond acceptors (Lipinski definition) is 4. The van der Waals surface area contributed by atoms with Crippen LogP contribution in [0, 0.1) is 11.8 Å². The van der Waals surface area contributed by atoms with Gasteiger partial charge in [-0.2, -0.15) is 5.10 Å². The van der Waals surface area contributed by atoms with Crippen molar-refractivity contribution in [1.82, 2.24) is 19.7 Å². The summed E-state index contributed by atoms with van der Waals surface area (Å²) >= 11 is 0. The minimum atomic E-state index is 0.526. The number of nitrogens with zero attached hydrogens (tertiary/aromatic N) is 4. The van der Waals surface area contributed by atoms with E-state index < -0.39 is 0 Å². The second kappa shape index (κ2) is 5.36. The Morgan fingerprint density at radius 3 is 2.94 bits per heavy atom. The maximum Gasteiger partial charge on any atom is 0.141 e. The molecule has 0 bridgehead atoms. The Labute approximate surface area is 108 Å². The summed E-state index contributed by atoms with van der Waals surface area (Å²) in [5.41, 5.74) is 0. The van der Waals surface area contributed by atoms with Crippen molar-refractivity contribution in [2.75, 3.05) is 26.8 Å². The highest BCUT2D eigenvalue weighted by Crippen LogP contribution is 2.28. The van der Waals surface area contributed by atoms with Crippen LogP contribution in [0.15, 0.2) is 6.33 Å². The number of aromatic nitrogens is 3. The monoisotopic (exact) mass is 250 g/mol. The Bertz CT molecular complexity index is 388. The molecule has 1 unspecified atom stereocenters. The van der Waals surface area contributed by atoms with Crippen molar-refractivity contribution in [3.05, 3.63) is 12.2 Å². The number of methoxy groups -OCH3 is 1. The molecule has 0 radical (unpaired) electrons. The summed E-state index contributed by atoms with van der Waals surface area (Å²) in [7, 11) is 1.78. The maximum absolute atomic E-state index is 5.33.